The van der Waals surface area contributed by atoms with Gasteiger partial charge in [-0.15, -0.1) is 11.3 Å². The highest BCUT2D eigenvalue weighted by atomic mass is 32.1. The standard InChI is InChI=1S/C15H13N3O2S/c1-9-17-11(8-21-9)7-16-14-12-5-3-2-4-10(12)6-13(18-14)15(19)20/h2-6,8H,7H2,1H3,(H,16,18)(H,19,20). The quantitative estimate of drug-likeness (QED) is 0.773. The van der Waals surface area contributed by atoms with Crippen LogP contribution in [0.3, 0.4) is 0 Å². The first-order valence-electron chi connectivity index (χ1n) is 6.41. The van der Waals surface area contributed by atoms with Crippen LogP contribution in [0.2, 0.25) is 0 Å². The predicted octanol–water partition coefficient (Wildman–Crippen LogP) is 3.31. The second kappa shape index (κ2) is 5.49. The third-order valence-electron chi connectivity index (χ3n) is 3.06. The van der Waals surface area contributed by atoms with Crippen LogP contribution in [0.5, 0.6) is 0 Å². The Balaban J connectivity index is 1.97. The molecular weight excluding hydrogens is 286 g/mol. The van der Waals surface area contributed by atoms with Crippen molar-refractivity contribution in [3.8, 4) is 0 Å². The number of benzene rings is 1. The predicted molar refractivity (Wildman–Crippen MR) is 82.9 cm³/mol. The zero-order valence-corrected chi connectivity index (χ0v) is 12.1. The summed E-state index contributed by atoms with van der Waals surface area (Å²) in [7, 11) is 0. The van der Waals surface area contributed by atoms with Crippen LogP contribution in [0.4, 0.5) is 5.82 Å². The van der Waals surface area contributed by atoms with Gasteiger partial charge in [0.05, 0.1) is 17.2 Å². The summed E-state index contributed by atoms with van der Waals surface area (Å²) in [6.45, 7) is 2.47. The zero-order chi connectivity index (χ0) is 14.8. The Morgan fingerprint density at radius 3 is 2.86 bits per heavy atom. The summed E-state index contributed by atoms with van der Waals surface area (Å²) in [5, 5.41) is 17.1. The number of aromatic nitrogens is 2. The van der Waals surface area contributed by atoms with Crippen molar-refractivity contribution in [2.24, 2.45) is 0 Å². The molecule has 0 saturated heterocycles. The van der Waals surface area contributed by atoms with E-state index < -0.39 is 5.97 Å². The summed E-state index contributed by atoms with van der Waals surface area (Å²) in [5.41, 5.74) is 0.953. The maximum Gasteiger partial charge on any atom is 0.354 e. The number of thiazole rings is 1. The molecule has 106 valence electrons. The molecule has 0 amide bonds. The topological polar surface area (TPSA) is 75.1 Å². The Labute approximate surface area is 125 Å². The number of nitrogens with zero attached hydrogens (tertiary/aromatic N) is 2. The third kappa shape index (κ3) is 2.85. The second-order valence-corrected chi connectivity index (χ2v) is 5.66. The number of carboxylic acids is 1. The van der Waals surface area contributed by atoms with Crippen molar-refractivity contribution >= 4 is 33.9 Å². The van der Waals surface area contributed by atoms with Gasteiger partial charge in [-0.05, 0) is 18.4 Å². The van der Waals surface area contributed by atoms with E-state index in [1.165, 1.54) is 0 Å². The Morgan fingerprint density at radius 2 is 2.14 bits per heavy atom. The third-order valence-corrected chi connectivity index (χ3v) is 3.89. The van der Waals surface area contributed by atoms with Crippen LogP contribution in [0.1, 0.15) is 21.2 Å². The number of rotatable bonds is 4. The lowest BCUT2D eigenvalue weighted by Crippen LogP contribution is -2.07. The molecule has 0 fully saturated rings. The molecule has 5 nitrogen and oxygen atoms in total. The highest BCUT2D eigenvalue weighted by molar-refractivity contribution is 7.09. The number of carbonyl (C=O) groups is 1. The number of fused-ring (bicyclic) bond motifs is 1. The van der Waals surface area contributed by atoms with Gasteiger partial charge in [0.2, 0.25) is 0 Å². The number of aryl methyl sites for hydroxylation is 1. The molecule has 2 aromatic heterocycles. The van der Waals surface area contributed by atoms with E-state index >= 15 is 0 Å². The molecule has 0 atom stereocenters. The highest BCUT2D eigenvalue weighted by Gasteiger charge is 2.11. The molecule has 0 aliphatic rings. The number of aromatic carboxylic acids is 1. The van der Waals surface area contributed by atoms with Crippen LogP contribution in [0.25, 0.3) is 10.8 Å². The molecule has 3 aromatic rings. The van der Waals surface area contributed by atoms with Gasteiger partial charge in [0.15, 0.2) is 5.69 Å². The zero-order valence-electron chi connectivity index (χ0n) is 11.3. The fourth-order valence-electron chi connectivity index (χ4n) is 2.11. The van der Waals surface area contributed by atoms with Crippen molar-refractivity contribution in [1.82, 2.24) is 9.97 Å². The number of nitrogens with one attached hydrogen (secondary N) is 1. The van der Waals surface area contributed by atoms with E-state index in [0.29, 0.717) is 12.4 Å². The molecule has 0 spiro atoms. The monoisotopic (exact) mass is 299 g/mol. The normalized spacial score (nSPS) is 10.7. The molecule has 21 heavy (non-hydrogen) atoms. The fraction of sp³-hybridized carbons (Fsp3) is 0.133. The lowest BCUT2D eigenvalue weighted by atomic mass is 10.1. The van der Waals surface area contributed by atoms with Gasteiger partial charge in [0, 0.05) is 10.8 Å². The smallest absolute Gasteiger partial charge is 0.354 e. The van der Waals surface area contributed by atoms with Crippen molar-refractivity contribution in [3.63, 3.8) is 0 Å². The minimum Gasteiger partial charge on any atom is -0.477 e. The van der Waals surface area contributed by atoms with Crippen molar-refractivity contribution in [2.45, 2.75) is 13.5 Å². The molecule has 0 aliphatic heterocycles. The lowest BCUT2D eigenvalue weighted by molar-refractivity contribution is 0.0691. The van der Waals surface area contributed by atoms with Crippen molar-refractivity contribution in [3.05, 3.63) is 52.1 Å². The number of carboxylic acid groups (broad SMARTS) is 1. The maximum atomic E-state index is 11.2. The van der Waals surface area contributed by atoms with E-state index in [9.17, 15) is 4.79 Å². The van der Waals surface area contributed by atoms with Gasteiger partial charge in [0.1, 0.15) is 5.82 Å². The molecule has 0 aliphatic carbocycles. The van der Waals surface area contributed by atoms with Crippen LogP contribution < -0.4 is 5.32 Å². The van der Waals surface area contributed by atoms with Gasteiger partial charge in [-0.2, -0.15) is 0 Å². The molecule has 0 saturated carbocycles. The summed E-state index contributed by atoms with van der Waals surface area (Å²) in [6.07, 6.45) is 0. The Bertz CT molecular complexity index is 814. The van der Waals surface area contributed by atoms with Crippen LogP contribution in [-0.2, 0) is 6.54 Å². The Kier molecular flexibility index (Phi) is 3.53. The molecule has 3 rings (SSSR count). The molecule has 1 aromatic carbocycles. The Hall–Kier alpha value is -2.47. The van der Waals surface area contributed by atoms with E-state index in [4.69, 9.17) is 5.11 Å². The summed E-state index contributed by atoms with van der Waals surface area (Å²) in [5.74, 6) is -0.468. The van der Waals surface area contributed by atoms with Crippen molar-refractivity contribution < 1.29 is 9.90 Å². The highest BCUT2D eigenvalue weighted by Crippen LogP contribution is 2.23. The first kappa shape index (κ1) is 13.5. The summed E-state index contributed by atoms with van der Waals surface area (Å²) >= 11 is 1.59. The SMILES string of the molecule is Cc1nc(CNc2nc(C(=O)O)cc3ccccc23)cs1. The first-order chi connectivity index (χ1) is 10.1. The van der Waals surface area contributed by atoms with Gasteiger partial charge >= 0.3 is 5.97 Å². The number of hydrogen-bond acceptors (Lipinski definition) is 5. The summed E-state index contributed by atoms with van der Waals surface area (Å²) in [6, 6.07) is 9.16. The molecule has 0 unspecified atom stereocenters. The number of hydrogen-bond donors (Lipinski definition) is 2. The van der Waals surface area contributed by atoms with E-state index in [1.54, 1.807) is 17.4 Å². The van der Waals surface area contributed by atoms with Crippen LogP contribution >= 0.6 is 11.3 Å². The lowest BCUT2D eigenvalue weighted by Gasteiger charge is -2.09. The largest absolute Gasteiger partial charge is 0.477 e. The van der Waals surface area contributed by atoms with E-state index in [1.807, 2.05) is 36.6 Å². The van der Waals surface area contributed by atoms with Crippen LogP contribution in [-0.4, -0.2) is 21.0 Å². The molecule has 6 heteroatoms. The molecule has 2 N–H and O–H groups in total. The van der Waals surface area contributed by atoms with E-state index in [-0.39, 0.29) is 5.69 Å². The van der Waals surface area contributed by atoms with Gasteiger partial charge < -0.3 is 10.4 Å². The van der Waals surface area contributed by atoms with Gasteiger partial charge in [-0.25, -0.2) is 14.8 Å². The van der Waals surface area contributed by atoms with Gasteiger partial charge in [-0.3, -0.25) is 0 Å². The second-order valence-electron chi connectivity index (χ2n) is 4.59. The minimum atomic E-state index is -1.03. The minimum absolute atomic E-state index is 0.0330. The molecule has 0 radical (unpaired) electrons. The summed E-state index contributed by atoms with van der Waals surface area (Å²) in [4.78, 5) is 19.7. The van der Waals surface area contributed by atoms with E-state index in [0.717, 1.165) is 21.5 Å². The molecule has 2 heterocycles. The van der Waals surface area contributed by atoms with Crippen LogP contribution in [0.15, 0.2) is 35.7 Å². The number of pyridine rings is 1. The van der Waals surface area contributed by atoms with Crippen LogP contribution in [0, 0.1) is 6.92 Å². The first-order valence-corrected chi connectivity index (χ1v) is 7.29. The Morgan fingerprint density at radius 1 is 1.33 bits per heavy atom. The van der Waals surface area contributed by atoms with Gasteiger partial charge in [0.25, 0.3) is 0 Å². The fourth-order valence-corrected chi connectivity index (χ4v) is 2.72. The number of anilines is 1. The van der Waals surface area contributed by atoms with Crippen molar-refractivity contribution in [2.75, 3.05) is 5.32 Å². The molecular formula is C15H13N3O2S. The molecule has 0 bridgehead atoms. The average molecular weight is 299 g/mol. The average Bonchev–Trinajstić information content (AvgIpc) is 2.90. The van der Waals surface area contributed by atoms with Crippen molar-refractivity contribution in [1.29, 1.82) is 0 Å². The summed E-state index contributed by atoms with van der Waals surface area (Å²) < 4.78 is 0. The van der Waals surface area contributed by atoms with Gasteiger partial charge in [-0.1, -0.05) is 24.3 Å². The van der Waals surface area contributed by atoms with E-state index in [2.05, 4.69) is 15.3 Å². The maximum absolute atomic E-state index is 11.2.